The van der Waals surface area contributed by atoms with Gasteiger partial charge in [-0.2, -0.15) is 0 Å². The van der Waals surface area contributed by atoms with Crippen LogP contribution in [0.25, 0.3) is 0 Å². The van der Waals surface area contributed by atoms with Crippen molar-refractivity contribution in [3.63, 3.8) is 0 Å². The van der Waals surface area contributed by atoms with E-state index in [1.54, 1.807) is 7.11 Å². The maximum atomic E-state index is 11.7. The van der Waals surface area contributed by atoms with Gasteiger partial charge in [0.15, 0.2) is 0 Å². The normalized spacial score (nSPS) is 10.6. The van der Waals surface area contributed by atoms with Gasteiger partial charge in [-0.25, -0.2) is 0 Å². The highest BCUT2D eigenvalue weighted by Gasteiger charge is 2.03. The summed E-state index contributed by atoms with van der Waals surface area (Å²) in [5.41, 5.74) is 0.986. The van der Waals surface area contributed by atoms with E-state index in [4.69, 9.17) is 9.47 Å². The topological polar surface area (TPSA) is 47.6 Å². The molecule has 0 saturated heterocycles. The van der Waals surface area contributed by atoms with Gasteiger partial charge in [-0.05, 0) is 30.0 Å². The third-order valence-corrected chi connectivity index (χ3v) is 2.76. The molecule has 0 radical (unpaired) electrons. The second-order valence-corrected chi connectivity index (χ2v) is 5.20. The van der Waals surface area contributed by atoms with Crippen molar-refractivity contribution in [2.75, 3.05) is 26.9 Å². The molecular weight excluding hydrogens is 254 g/mol. The first kappa shape index (κ1) is 16.5. The molecular formula is C16H25NO3. The molecule has 0 saturated carbocycles. The minimum Gasteiger partial charge on any atom is -0.497 e. The molecule has 0 fully saturated rings. The average Bonchev–Trinajstić information content (AvgIpc) is 2.43. The number of amides is 1. The lowest BCUT2D eigenvalue weighted by molar-refractivity contribution is -0.120. The number of hydrogen-bond donors (Lipinski definition) is 1. The van der Waals surface area contributed by atoms with E-state index in [1.807, 2.05) is 24.3 Å². The van der Waals surface area contributed by atoms with Crippen molar-refractivity contribution >= 4 is 5.91 Å². The zero-order chi connectivity index (χ0) is 14.8. The van der Waals surface area contributed by atoms with Crippen molar-refractivity contribution in [2.24, 2.45) is 5.92 Å². The van der Waals surface area contributed by atoms with Gasteiger partial charge in [0.2, 0.25) is 5.91 Å². The highest BCUT2D eigenvalue weighted by molar-refractivity contribution is 5.78. The lowest BCUT2D eigenvalue weighted by atomic mass is 10.1. The summed E-state index contributed by atoms with van der Waals surface area (Å²) in [5.74, 6) is 1.40. The Kier molecular flexibility index (Phi) is 7.73. The van der Waals surface area contributed by atoms with Crippen LogP contribution in [0, 0.1) is 5.92 Å². The summed E-state index contributed by atoms with van der Waals surface area (Å²) >= 11 is 0. The van der Waals surface area contributed by atoms with Crippen molar-refractivity contribution < 1.29 is 14.3 Å². The summed E-state index contributed by atoms with van der Waals surface area (Å²) in [6.07, 6.45) is 1.25. The number of hydrogen-bond acceptors (Lipinski definition) is 3. The molecule has 1 rings (SSSR count). The Bertz CT molecular complexity index is 387. The van der Waals surface area contributed by atoms with E-state index >= 15 is 0 Å². The maximum Gasteiger partial charge on any atom is 0.224 e. The van der Waals surface area contributed by atoms with Crippen LogP contribution < -0.4 is 10.1 Å². The lowest BCUT2D eigenvalue weighted by Gasteiger charge is -2.08. The molecule has 0 heterocycles. The number of rotatable bonds is 9. The van der Waals surface area contributed by atoms with Crippen LogP contribution in [0.15, 0.2) is 24.3 Å². The van der Waals surface area contributed by atoms with Crippen LogP contribution in [0.2, 0.25) is 0 Å². The predicted octanol–water partition coefficient (Wildman–Crippen LogP) is 2.42. The molecule has 0 aliphatic carbocycles. The van der Waals surface area contributed by atoms with Gasteiger partial charge < -0.3 is 14.8 Å². The number of carbonyl (C=O) groups is 1. The zero-order valence-electron chi connectivity index (χ0n) is 12.6. The Morgan fingerprint density at radius 3 is 2.55 bits per heavy atom. The second kappa shape index (κ2) is 9.37. The fraction of sp³-hybridized carbons (Fsp3) is 0.562. The molecule has 0 spiro atoms. The van der Waals surface area contributed by atoms with E-state index in [0.29, 0.717) is 25.5 Å². The molecule has 0 bridgehead atoms. The van der Waals surface area contributed by atoms with Gasteiger partial charge in [0.1, 0.15) is 5.75 Å². The first-order valence-corrected chi connectivity index (χ1v) is 7.09. The highest BCUT2D eigenvalue weighted by Crippen LogP contribution is 2.11. The molecule has 0 aromatic heterocycles. The third kappa shape index (κ3) is 7.14. The molecule has 112 valence electrons. The van der Waals surface area contributed by atoms with Crippen molar-refractivity contribution in [1.29, 1.82) is 0 Å². The van der Waals surface area contributed by atoms with Crippen LogP contribution in [0.5, 0.6) is 5.75 Å². The van der Waals surface area contributed by atoms with Gasteiger partial charge in [-0.1, -0.05) is 26.0 Å². The van der Waals surface area contributed by atoms with Crippen molar-refractivity contribution in [3.05, 3.63) is 29.8 Å². The van der Waals surface area contributed by atoms with Gasteiger partial charge in [0.25, 0.3) is 0 Å². The van der Waals surface area contributed by atoms with Crippen molar-refractivity contribution in [3.8, 4) is 5.75 Å². The molecule has 1 N–H and O–H groups in total. The van der Waals surface area contributed by atoms with Crippen LogP contribution in [0.1, 0.15) is 25.8 Å². The summed E-state index contributed by atoms with van der Waals surface area (Å²) in [5, 5.41) is 2.90. The summed E-state index contributed by atoms with van der Waals surface area (Å²) in [6, 6.07) is 7.54. The second-order valence-electron chi connectivity index (χ2n) is 5.20. The largest absolute Gasteiger partial charge is 0.497 e. The molecule has 4 nitrogen and oxygen atoms in total. The average molecular weight is 279 g/mol. The molecule has 4 heteroatoms. The quantitative estimate of drug-likeness (QED) is 0.706. The predicted molar refractivity (Wildman–Crippen MR) is 80.0 cm³/mol. The van der Waals surface area contributed by atoms with Gasteiger partial charge >= 0.3 is 0 Å². The Labute approximate surface area is 121 Å². The minimum atomic E-state index is 0.0408. The van der Waals surface area contributed by atoms with E-state index in [-0.39, 0.29) is 5.91 Å². The summed E-state index contributed by atoms with van der Waals surface area (Å²) in [7, 11) is 1.63. The number of methoxy groups -OCH3 is 1. The van der Waals surface area contributed by atoms with Crippen LogP contribution >= 0.6 is 0 Å². The van der Waals surface area contributed by atoms with E-state index < -0.39 is 0 Å². The molecule has 1 aromatic rings. The SMILES string of the molecule is COc1ccc(CC(=O)NCCCOCC(C)C)cc1. The highest BCUT2D eigenvalue weighted by atomic mass is 16.5. The molecule has 0 aliphatic rings. The van der Waals surface area contributed by atoms with E-state index in [0.717, 1.165) is 24.3 Å². The zero-order valence-corrected chi connectivity index (χ0v) is 12.6. The standard InChI is InChI=1S/C16H25NO3/c1-13(2)12-20-10-4-9-17-16(18)11-14-5-7-15(19-3)8-6-14/h5-8,13H,4,9-12H2,1-3H3,(H,17,18). The summed E-state index contributed by atoms with van der Waals surface area (Å²) in [4.78, 5) is 11.7. The van der Waals surface area contributed by atoms with Crippen LogP contribution in [0.4, 0.5) is 0 Å². The summed E-state index contributed by atoms with van der Waals surface area (Å²) < 4.78 is 10.5. The number of ether oxygens (including phenoxy) is 2. The number of nitrogens with one attached hydrogen (secondary N) is 1. The lowest BCUT2D eigenvalue weighted by Crippen LogP contribution is -2.26. The fourth-order valence-electron chi connectivity index (χ4n) is 1.71. The monoisotopic (exact) mass is 279 g/mol. The fourth-order valence-corrected chi connectivity index (χ4v) is 1.71. The van der Waals surface area contributed by atoms with Gasteiger partial charge in [0.05, 0.1) is 13.5 Å². The van der Waals surface area contributed by atoms with Crippen LogP contribution in [-0.2, 0) is 16.0 Å². The maximum absolute atomic E-state index is 11.7. The Hall–Kier alpha value is -1.55. The van der Waals surface area contributed by atoms with E-state index in [1.165, 1.54) is 0 Å². The van der Waals surface area contributed by atoms with Gasteiger partial charge in [-0.3, -0.25) is 4.79 Å². The first-order valence-electron chi connectivity index (χ1n) is 7.09. The molecule has 0 unspecified atom stereocenters. The molecule has 1 aromatic carbocycles. The molecule has 0 aliphatic heterocycles. The van der Waals surface area contributed by atoms with Crippen LogP contribution in [0.3, 0.4) is 0 Å². The molecule has 1 amide bonds. The minimum absolute atomic E-state index is 0.0408. The number of carbonyl (C=O) groups excluding carboxylic acids is 1. The van der Waals surface area contributed by atoms with Crippen molar-refractivity contribution in [1.82, 2.24) is 5.32 Å². The smallest absolute Gasteiger partial charge is 0.224 e. The van der Waals surface area contributed by atoms with Gasteiger partial charge in [0, 0.05) is 19.8 Å². The van der Waals surface area contributed by atoms with Crippen LogP contribution in [-0.4, -0.2) is 32.8 Å². The van der Waals surface area contributed by atoms with E-state index in [2.05, 4.69) is 19.2 Å². The Morgan fingerprint density at radius 2 is 1.95 bits per heavy atom. The van der Waals surface area contributed by atoms with Crippen molar-refractivity contribution in [2.45, 2.75) is 26.7 Å². The Balaban J connectivity index is 2.13. The summed E-state index contributed by atoms with van der Waals surface area (Å²) in [6.45, 7) is 6.38. The van der Waals surface area contributed by atoms with Gasteiger partial charge in [-0.15, -0.1) is 0 Å². The molecule has 0 atom stereocenters. The number of benzene rings is 1. The first-order chi connectivity index (χ1) is 9.61. The van der Waals surface area contributed by atoms with E-state index in [9.17, 15) is 4.79 Å². The molecule has 20 heavy (non-hydrogen) atoms. The third-order valence-electron chi connectivity index (χ3n) is 2.76. The Morgan fingerprint density at radius 1 is 1.25 bits per heavy atom.